The van der Waals surface area contributed by atoms with Crippen LogP contribution < -0.4 is 4.74 Å². The first-order valence-corrected chi connectivity index (χ1v) is 9.60. The number of carbonyl (C=O) groups excluding carboxylic acids is 1. The first kappa shape index (κ1) is 19.2. The molecule has 0 atom stereocenters. The third-order valence-electron chi connectivity index (χ3n) is 5.73. The Balaban J connectivity index is 2.15. The van der Waals surface area contributed by atoms with Gasteiger partial charge < -0.3 is 14.7 Å². The van der Waals surface area contributed by atoms with Gasteiger partial charge in [0.2, 0.25) is 0 Å². The Morgan fingerprint density at radius 2 is 2.15 bits per heavy atom. The lowest BCUT2D eigenvalue weighted by Crippen LogP contribution is -2.54. The lowest BCUT2D eigenvalue weighted by Gasteiger charge is -2.54. The molecule has 0 saturated heterocycles. The van der Waals surface area contributed by atoms with Crippen molar-refractivity contribution in [2.45, 2.75) is 57.4 Å². The van der Waals surface area contributed by atoms with Gasteiger partial charge in [-0.05, 0) is 61.8 Å². The molecule has 1 aromatic carbocycles. The van der Waals surface area contributed by atoms with E-state index in [-0.39, 0.29) is 5.54 Å². The van der Waals surface area contributed by atoms with Gasteiger partial charge in [0, 0.05) is 23.4 Å². The number of carboxylic acid groups (broad SMARTS) is 1. The lowest BCUT2D eigenvalue weighted by molar-refractivity contribution is -0.131. The molecule has 1 heterocycles. The minimum absolute atomic E-state index is 0.135. The van der Waals surface area contributed by atoms with Gasteiger partial charge in [0.1, 0.15) is 12.0 Å². The molecule has 0 aromatic heterocycles. The zero-order valence-electron chi connectivity index (χ0n) is 16.0. The van der Waals surface area contributed by atoms with Crippen molar-refractivity contribution in [1.29, 1.82) is 0 Å². The fourth-order valence-electron chi connectivity index (χ4n) is 4.26. The van der Waals surface area contributed by atoms with Crippen LogP contribution in [0.2, 0.25) is 0 Å². The van der Waals surface area contributed by atoms with Crippen molar-refractivity contribution in [3.63, 3.8) is 0 Å². The molecule has 1 aliphatic heterocycles. The van der Waals surface area contributed by atoms with E-state index in [0.717, 1.165) is 62.5 Å². The molecule has 0 bridgehead atoms. The summed E-state index contributed by atoms with van der Waals surface area (Å²) in [5.74, 6) is -0.201. The number of methoxy groups -OCH3 is 1. The van der Waals surface area contributed by atoms with Crippen molar-refractivity contribution in [3.05, 3.63) is 47.2 Å². The summed E-state index contributed by atoms with van der Waals surface area (Å²) in [7, 11) is 1.65. The molecule has 5 nitrogen and oxygen atoms in total. The Bertz CT molecular complexity index is 790. The number of ether oxygens (including phenoxy) is 1. The zero-order chi connectivity index (χ0) is 19.4. The molecule has 1 N–H and O–H groups in total. The standard InChI is InChI=1S/C22H27NO4/c1-3-4-7-16-12-17-15-22(8-5-9-22)23(10-6-11-24)19(14-21(25)26)18(17)13-20(16)27-2/h6,10-14H,3-5,7-9,15H2,1-2H3,(H,25,26)/b10-6+,19-14-. The Morgan fingerprint density at radius 1 is 1.37 bits per heavy atom. The van der Waals surface area contributed by atoms with E-state index in [1.54, 1.807) is 13.3 Å². The summed E-state index contributed by atoms with van der Waals surface area (Å²) < 4.78 is 5.60. The molecule has 27 heavy (non-hydrogen) atoms. The number of carbonyl (C=O) groups is 2. The molecular formula is C22H27NO4. The van der Waals surface area contributed by atoms with Gasteiger partial charge in [-0.15, -0.1) is 0 Å². The van der Waals surface area contributed by atoms with Gasteiger partial charge in [0.15, 0.2) is 0 Å². The van der Waals surface area contributed by atoms with Crippen LogP contribution in [0.25, 0.3) is 5.70 Å². The van der Waals surface area contributed by atoms with Gasteiger partial charge in [-0.3, -0.25) is 4.79 Å². The zero-order valence-corrected chi connectivity index (χ0v) is 16.0. The van der Waals surface area contributed by atoms with E-state index in [1.165, 1.54) is 23.3 Å². The van der Waals surface area contributed by atoms with Crippen molar-refractivity contribution in [2.75, 3.05) is 7.11 Å². The third-order valence-corrected chi connectivity index (χ3v) is 5.73. The normalized spacial score (nSPS) is 19.2. The summed E-state index contributed by atoms with van der Waals surface area (Å²) >= 11 is 0. The van der Waals surface area contributed by atoms with E-state index < -0.39 is 5.97 Å². The quantitative estimate of drug-likeness (QED) is 0.582. The van der Waals surface area contributed by atoms with E-state index in [4.69, 9.17) is 4.74 Å². The molecule has 0 unspecified atom stereocenters. The number of aldehydes is 1. The van der Waals surface area contributed by atoms with Crippen molar-refractivity contribution in [2.24, 2.45) is 0 Å². The van der Waals surface area contributed by atoms with Crippen LogP contribution in [-0.4, -0.2) is 34.9 Å². The van der Waals surface area contributed by atoms with Gasteiger partial charge in [-0.25, -0.2) is 4.79 Å². The predicted molar refractivity (Wildman–Crippen MR) is 105 cm³/mol. The second-order valence-corrected chi connectivity index (χ2v) is 7.39. The Labute approximate surface area is 160 Å². The first-order valence-electron chi connectivity index (χ1n) is 9.60. The van der Waals surface area contributed by atoms with Crippen LogP contribution >= 0.6 is 0 Å². The molecule has 1 saturated carbocycles. The second kappa shape index (κ2) is 7.99. The fraction of sp³-hybridized carbons (Fsp3) is 0.455. The number of carboxylic acids is 1. The number of nitrogens with zero attached hydrogens (tertiary/aromatic N) is 1. The maximum Gasteiger partial charge on any atom is 0.330 e. The number of benzene rings is 1. The molecule has 1 fully saturated rings. The van der Waals surface area contributed by atoms with Crippen molar-refractivity contribution < 1.29 is 19.4 Å². The predicted octanol–water partition coefficient (Wildman–Crippen LogP) is 3.96. The van der Waals surface area contributed by atoms with Crippen LogP contribution in [0.1, 0.15) is 55.7 Å². The highest BCUT2D eigenvalue weighted by molar-refractivity contribution is 5.91. The van der Waals surface area contributed by atoms with E-state index >= 15 is 0 Å². The van der Waals surface area contributed by atoms with E-state index in [0.29, 0.717) is 5.70 Å². The maximum atomic E-state index is 11.5. The minimum Gasteiger partial charge on any atom is -0.496 e. The highest BCUT2D eigenvalue weighted by Crippen LogP contribution is 2.50. The summed E-state index contributed by atoms with van der Waals surface area (Å²) in [6, 6.07) is 4.16. The molecule has 1 aromatic rings. The molecule has 3 rings (SSSR count). The average Bonchev–Trinajstić information content (AvgIpc) is 2.62. The van der Waals surface area contributed by atoms with Gasteiger partial charge in [0.25, 0.3) is 0 Å². The van der Waals surface area contributed by atoms with Gasteiger partial charge in [-0.2, -0.15) is 0 Å². The number of aliphatic carboxylic acids is 1. The Hall–Kier alpha value is -2.56. The number of aryl methyl sites for hydroxylation is 1. The van der Waals surface area contributed by atoms with Gasteiger partial charge in [0.05, 0.1) is 12.8 Å². The molecule has 144 valence electrons. The number of hydrogen-bond acceptors (Lipinski definition) is 4. The molecule has 1 aliphatic carbocycles. The summed E-state index contributed by atoms with van der Waals surface area (Å²) in [5.41, 5.74) is 3.72. The number of fused-ring (bicyclic) bond motifs is 1. The largest absolute Gasteiger partial charge is 0.496 e. The van der Waals surface area contributed by atoms with Crippen molar-refractivity contribution in [3.8, 4) is 5.75 Å². The Morgan fingerprint density at radius 3 is 2.70 bits per heavy atom. The summed E-state index contributed by atoms with van der Waals surface area (Å²) in [4.78, 5) is 24.5. The van der Waals surface area contributed by atoms with E-state index in [2.05, 4.69) is 13.0 Å². The summed E-state index contributed by atoms with van der Waals surface area (Å²) in [5, 5.41) is 9.46. The molecule has 0 amide bonds. The van der Waals surface area contributed by atoms with E-state index in [9.17, 15) is 14.7 Å². The number of hydrogen-bond donors (Lipinski definition) is 1. The second-order valence-electron chi connectivity index (χ2n) is 7.39. The monoisotopic (exact) mass is 369 g/mol. The summed E-state index contributed by atoms with van der Waals surface area (Å²) in [6.45, 7) is 2.17. The van der Waals surface area contributed by atoms with Crippen LogP contribution in [0.4, 0.5) is 0 Å². The number of unbranched alkanes of at least 4 members (excludes halogenated alkanes) is 1. The molecular weight excluding hydrogens is 342 g/mol. The number of allylic oxidation sites excluding steroid dienone is 1. The summed E-state index contributed by atoms with van der Waals surface area (Å²) in [6.07, 6.45) is 12.2. The average molecular weight is 369 g/mol. The molecule has 0 radical (unpaired) electrons. The molecule has 5 heteroatoms. The lowest BCUT2D eigenvalue weighted by atomic mass is 9.68. The molecule has 2 aliphatic rings. The van der Waals surface area contributed by atoms with Gasteiger partial charge in [-0.1, -0.05) is 19.4 Å². The fourth-order valence-corrected chi connectivity index (χ4v) is 4.26. The van der Waals surface area contributed by atoms with Crippen LogP contribution in [0.5, 0.6) is 5.75 Å². The van der Waals surface area contributed by atoms with Crippen LogP contribution in [-0.2, 0) is 22.4 Å². The van der Waals surface area contributed by atoms with Crippen molar-refractivity contribution >= 4 is 18.0 Å². The highest BCUT2D eigenvalue weighted by Gasteiger charge is 2.46. The Kier molecular flexibility index (Phi) is 5.68. The topological polar surface area (TPSA) is 66.8 Å². The smallest absolute Gasteiger partial charge is 0.330 e. The van der Waals surface area contributed by atoms with Gasteiger partial charge >= 0.3 is 5.97 Å². The number of rotatable bonds is 7. The molecule has 1 spiro atoms. The highest BCUT2D eigenvalue weighted by atomic mass is 16.5. The third kappa shape index (κ3) is 3.64. The minimum atomic E-state index is -0.995. The first-order chi connectivity index (χ1) is 13.0. The van der Waals surface area contributed by atoms with Crippen LogP contribution in [0.3, 0.4) is 0 Å². The maximum absolute atomic E-state index is 11.5. The van der Waals surface area contributed by atoms with Crippen molar-refractivity contribution in [1.82, 2.24) is 4.90 Å². The SMILES string of the molecule is CCCCc1cc2c(cc1OC)/C(=C/C(=O)O)N(/C=C/C=O)C1(CCC1)C2. The van der Waals surface area contributed by atoms with Crippen LogP contribution in [0, 0.1) is 0 Å². The van der Waals surface area contributed by atoms with E-state index in [1.807, 2.05) is 11.0 Å². The van der Waals surface area contributed by atoms with Crippen LogP contribution in [0.15, 0.2) is 30.5 Å².